The summed E-state index contributed by atoms with van der Waals surface area (Å²) in [4.78, 5) is 0. The van der Waals surface area contributed by atoms with E-state index in [1.165, 1.54) is 0 Å². The first-order valence-electron chi connectivity index (χ1n) is 3.15. The van der Waals surface area contributed by atoms with Crippen molar-refractivity contribution in [3.05, 3.63) is 35.9 Å². The average molecular weight is 580 g/mol. The van der Waals surface area contributed by atoms with Crippen LogP contribution in [0, 0.1) is 0 Å². The second kappa shape index (κ2) is 9.79. The third-order valence-electron chi connectivity index (χ3n) is 1.03. The quantitative estimate of drug-likeness (QED) is 0.502. The number of aliphatic hydroxyl groups is 1. The van der Waals surface area contributed by atoms with Gasteiger partial charge in [-0.15, -0.1) is 0 Å². The molecule has 0 aliphatic carbocycles. The number of benzene rings is 1. The molecule has 0 atom stereocenters. The summed E-state index contributed by atoms with van der Waals surface area (Å²) in [6, 6.07) is 9.52. The zero-order chi connectivity index (χ0) is 9.40. The predicted octanol–water partition coefficient (Wildman–Crippen LogP) is 3.83. The van der Waals surface area contributed by atoms with Crippen molar-refractivity contribution in [3.63, 3.8) is 0 Å². The topological polar surface area (TPSA) is 20.2 Å². The van der Waals surface area contributed by atoms with Crippen molar-refractivity contribution in [2.45, 2.75) is 6.61 Å². The fourth-order valence-electron chi connectivity index (χ4n) is 0.583. The van der Waals surface area contributed by atoms with Gasteiger partial charge < -0.3 is 5.11 Å². The molecular formula is C7H8I3OZr. The summed E-state index contributed by atoms with van der Waals surface area (Å²) in [7, 11) is -0.633. The number of hydrogen-bond donors (Lipinski definition) is 1. The molecule has 0 aromatic heterocycles. The van der Waals surface area contributed by atoms with Crippen LogP contribution in [0.4, 0.5) is 0 Å². The van der Waals surface area contributed by atoms with E-state index in [1.807, 2.05) is 30.3 Å². The van der Waals surface area contributed by atoms with E-state index in [0.29, 0.717) is 0 Å². The number of hydrogen-bond acceptors (Lipinski definition) is 1. The second-order valence-corrected chi connectivity index (χ2v) is 58.7. The van der Waals surface area contributed by atoms with Gasteiger partial charge in [-0.1, -0.05) is 30.3 Å². The van der Waals surface area contributed by atoms with E-state index in [2.05, 4.69) is 54.1 Å². The van der Waals surface area contributed by atoms with E-state index >= 15 is 0 Å². The first-order chi connectivity index (χ1) is 5.66. The first-order valence-corrected chi connectivity index (χ1v) is 25.1. The Balaban J connectivity index is 0.000000261. The van der Waals surface area contributed by atoms with Gasteiger partial charge in [-0.2, -0.15) is 0 Å². The molecule has 0 aliphatic rings. The molecule has 1 rings (SSSR count). The molecule has 0 radical (unpaired) electrons. The van der Waals surface area contributed by atoms with Crippen LogP contribution in [0.5, 0.6) is 0 Å². The molecule has 0 heterocycles. The molecule has 0 unspecified atom stereocenters. The van der Waals surface area contributed by atoms with Gasteiger partial charge in [0.25, 0.3) is 0 Å². The Kier molecular flexibility index (Phi) is 11.6. The van der Waals surface area contributed by atoms with E-state index < -0.39 is 9.18 Å². The third kappa shape index (κ3) is 10.3. The molecule has 0 fully saturated rings. The zero-order valence-corrected chi connectivity index (χ0v) is 15.1. The van der Waals surface area contributed by atoms with Gasteiger partial charge in [-0.3, -0.25) is 0 Å². The molecule has 0 saturated carbocycles. The first kappa shape index (κ1) is 14.3. The third-order valence-corrected chi connectivity index (χ3v) is 1.03. The summed E-state index contributed by atoms with van der Waals surface area (Å²) >= 11 is 7.54. The Morgan fingerprint density at radius 2 is 1.50 bits per heavy atom. The van der Waals surface area contributed by atoms with Crippen LogP contribution in [0.2, 0.25) is 0 Å². The fourth-order valence-corrected chi connectivity index (χ4v) is 0.583. The minimum absolute atomic E-state index is 0.140. The summed E-state index contributed by atoms with van der Waals surface area (Å²) in [6.07, 6.45) is 0. The Bertz CT molecular complexity index is 190. The fraction of sp³-hybridized carbons (Fsp3) is 0.143. The zero-order valence-electron chi connectivity index (χ0n) is 6.17. The van der Waals surface area contributed by atoms with E-state index in [-0.39, 0.29) is 6.61 Å². The van der Waals surface area contributed by atoms with Gasteiger partial charge in [0.1, 0.15) is 0 Å². The van der Waals surface area contributed by atoms with Crippen LogP contribution in [0.15, 0.2) is 30.3 Å². The molecule has 1 aromatic rings. The van der Waals surface area contributed by atoms with Gasteiger partial charge in [0, 0.05) is 0 Å². The van der Waals surface area contributed by atoms with Gasteiger partial charge in [-0.05, 0) is 5.56 Å². The molecule has 67 valence electrons. The molecule has 1 N–H and O–H groups in total. The Morgan fingerprint density at radius 1 is 1.08 bits per heavy atom. The molecule has 0 aliphatic heterocycles. The maximum absolute atomic E-state index is 8.54. The van der Waals surface area contributed by atoms with Gasteiger partial charge in [-0.25, -0.2) is 0 Å². The second-order valence-electron chi connectivity index (χ2n) is 1.86. The van der Waals surface area contributed by atoms with Crippen molar-refractivity contribution in [2.24, 2.45) is 0 Å². The molecule has 0 spiro atoms. The molecular weight excluding hydrogens is 572 g/mol. The van der Waals surface area contributed by atoms with Crippen molar-refractivity contribution in [1.29, 1.82) is 0 Å². The van der Waals surface area contributed by atoms with Gasteiger partial charge in [0.05, 0.1) is 6.61 Å². The molecule has 1 aromatic carbocycles. The SMILES string of the molecule is OCc1ccccc1.[I][Zr]([I])[I]. The van der Waals surface area contributed by atoms with Gasteiger partial charge in [0.2, 0.25) is 0 Å². The molecule has 0 amide bonds. The molecule has 12 heavy (non-hydrogen) atoms. The Labute approximate surface area is 108 Å². The van der Waals surface area contributed by atoms with Crippen LogP contribution >= 0.6 is 54.1 Å². The van der Waals surface area contributed by atoms with E-state index in [9.17, 15) is 0 Å². The minimum atomic E-state index is -0.633. The summed E-state index contributed by atoms with van der Waals surface area (Å²) < 4.78 is 0. The number of halogens is 3. The maximum atomic E-state index is 8.54. The average Bonchev–Trinajstić information content (AvgIpc) is 2.05. The van der Waals surface area contributed by atoms with E-state index in [1.54, 1.807) is 0 Å². The molecule has 0 bridgehead atoms. The summed E-state index contributed by atoms with van der Waals surface area (Å²) in [6.45, 7) is 0.140. The van der Waals surface area contributed by atoms with Crippen LogP contribution in [0.25, 0.3) is 0 Å². The van der Waals surface area contributed by atoms with E-state index in [0.717, 1.165) is 5.56 Å². The van der Waals surface area contributed by atoms with Crippen LogP contribution in [0.1, 0.15) is 5.56 Å². The number of aliphatic hydroxyl groups excluding tert-OH is 1. The molecule has 1 nitrogen and oxygen atoms in total. The van der Waals surface area contributed by atoms with Gasteiger partial charge >= 0.3 is 63.3 Å². The van der Waals surface area contributed by atoms with Crippen molar-refractivity contribution in [2.75, 3.05) is 0 Å². The monoisotopic (exact) mass is 579 g/mol. The molecule has 0 saturated heterocycles. The predicted molar refractivity (Wildman–Crippen MR) is 74.4 cm³/mol. The van der Waals surface area contributed by atoms with Crippen molar-refractivity contribution in [3.8, 4) is 0 Å². The normalized spacial score (nSPS) is 8.33. The van der Waals surface area contributed by atoms with Crippen molar-refractivity contribution >= 4 is 54.1 Å². The van der Waals surface area contributed by atoms with Crippen LogP contribution in [0.3, 0.4) is 0 Å². The summed E-state index contributed by atoms with van der Waals surface area (Å²) in [5.74, 6) is 0. The van der Waals surface area contributed by atoms with Crippen LogP contribution in [-0.4, -0.2) is 5.11 Å². The summed E-state index contributed by atoms with van der Waals surface area (Å²) in [5, 5.41) is 8.54. The Hall–Kier alpha value is 2.25. The number of rotatable bonds is 1. The van der Waals surface area contributed by atoms with E-state index in [4.69, 9.17) is 5.11 Å². The van der Waals surface area contributed by atoms with Crippen LogP contribution < -0.4 is 0 Å². The Morgan fingerprint density at radius 3 is 1.75 bits per heavy atom. The standard InChI is InChI=1S/C7H8O.3HI.Zr/c8-6-7-4-2-1-3-5-7;;;;/h1-5,8H,6H2;3*1H;/q;;;;+3/p-3. The van der Waals surface area contributed by atoms with Crippen LogP contribution in [-0.2, 0) is 15.8 Å². The molecule has 5 heteroatoms. The van der Waals surface area contributed by atoms with Crippen molar-refractivity contribution in [1.82, 2.24) is 0 Å². The van der Waals surface area contributed by atoms with Crippen molar-refractivity contribution < 1.29 is 14.3 Å². The summed E-state index contributed by atoms with van der Waals surface area (Å²) in [5.41, 5.74) is 0.965. The van der Waals surface area contributed by atoms with Gasteiger partial charge in [0.15, 0.2) is 0 Å².